The summed E-state index contributed by atoms with van der Waals surface area (Å²) in [4.78, 5) is 0. The van der Waals surface area contributed by atoms with Crippen LogP contribution in [0.15, 0.2) is 54.7 Å². The molecule has 2 aliphatic carbocycles. The maximum absolute atomic E-state index is 8.40. The number of fused-ring (bicyclic) bond motifs is 2. The van der Waals surface area contributed by atoms with Gasteiger partial charge in [0.2, 0.25) is 0 Å². The van der Waals surface area contributed by atoms with Crippen LogP contribution in [0.3, 0.4) is 0 Å². The van der Waals surface area contributed by atoms with Crippen LogP contribution in [0.5, 0.6) is 11.5 Å². The summed E-state index contributed by atoms with van der Waals surface area (Å²) in [5.74, 6) is 1.56. The lowest BCUT2D eigenvalue weighted by Gasteiger charge is -2.29. The highest BCUT2D eigenvalue weighted by atomic mass is 16.5. The molecule has 5 heteroatoms. The van der Waals surface area contributed by atoms with Crippen molar-refractivity contribution in [1.29, 1.82) is 5.26 Å². The molecule has 0 spiro atoms. The fourth-order valence-electron chi connectivity index (χ4n) is 2.55. The summed E-state index contributed by atoms with van der Waals surface area (Å²) in [5, 5.41) is 11.3. The normalized spacial score (nSPS) is 13.4. The Kier molecular flexibility index (Phi) is 6.44. The Bertz CT molecular complexity index is 767. The van der Waals surface area contributed by atoms with E-state index in [0.717, 1.165) is 28.2 Å². The molecular formula is C20H22N2O3. The number of rotatable bonds is 6. The third-order valence-corrected chi connectivity index (χ3v) is 3.83. The van der Waals surface area contributed by atoms with E-state index in [1.165, 1.54) is 0 Å². The second-order valence-electron chi connectivity index (χ2n) is 5.39. The minimum absolute atomic E-state index is 0.0776. The minimum Gasteiger partial charge on any atom is -0.493 e. The van der Waals surface area contributed by atoms with E-state index in [-0.39, 0.29) is 6.10 Å². The second-order valence-corrected chi connectivity index (χ2v) is 5.39. The van der Waals surface area contributed by atoms with E-state index >= 15 is 0 Å². The van der Waals surface area contributed by atoms with Gasteiger partial charge in [-0.2, -0.15) is 5.26 Å². The molecule has 4 rings (SSSR count). The molecule has 0 amide bonds. The molecule has 2 aliphatic rings. The average molecular weight is 338 g/mol. The zero-order chi connectivity index (χ0) is 18.2. The third-order valence-electron chi connectivity index (χ3n) is 3.83. The summed E-state index contributed by atoms with van der Waals surface area (Å²) in [6.07, 6.45) is 0.0776. The molecule has 5 nitrogen and oxygen atoms in total. The van der Waals surface area contributed by atoms with Gasteiger partial charge in [-0.1, -0.05) is 36.9 Å². The first-order valence-corrected chi connectivity index (χ1v) is 7.80. The van der Waals surface area contributed by atoms with Crippen LogP contribution in [-0.4, -0.2) is 21.3 Å². The molecule has 1 atom stereocenters. The third kappa shape index (κ3) is 4.31. The van der Waals surface area contributed by atoms with E-state index in [2.05, 4.69) is 18.0 Å². The zero-order valence-corrected chi connectivity index (χ0v) is 14.7. The van der Waals surface area contributed by atoms with Crippen molar-refractivity contribution in [1.82, 2.24) is 5.32 Å². The van der Waals surface area contributed by atoms with E-state index in [4.69, 9.17) is 19.5 Å². The number of nitrogens with one attached hydrogen (secondary N) is 1. The number of benzene rings is 2. The van der Waals surface area contributed by atoms with Gasteiger partial charge in [0.15, 0.2) is 11.5 Å². The molecule has 0 saturated carbocycles. The first-order chi connectivity index (χ1) is 12.1. The van der Waals surface area contributed by atoms with Gasteiger partial charge in [-0.25, -0.2) is 0 Å². The number of hydrogen-bond donors (Lipinski definition) is 1. The predicted octanol–water partition coefficient (Wildman–Crippen LogP) is 3.57. The van der Waals surface area contributed by atoms with E-state index in [0.29, 0.717) is 12.2 Å². The molecule has 1 N–H and O–H groups in total. The molecule has 0 heterocycles. The summed E-state index contributed by atoms with van der Waals surface area (Å²) < 4.78 is 15.7. The SMILES string of the molecule is C=C(C#N)NCc1ccccc1.COc1cc2cc(c1OC)C2OC. The molecule has 0 saturated heterocycles. The standard InChI is InChI=1S/C10H10N2.C10H12O3/c1-9(7-11)12-8-10-5-3-2-4-6-10;1-11-8-5-6-4-7(9(6)12-2)10(8)13-3/h2-6,12H,1,8H2;4-5,9H,1-3H3. The van der Waals surface area contributed by atoms with Crippen LogP contribution < -0.4 is 14.8 Å². The molecule has 0 radical (unpaired) electrons. The summed E-state index contributed by atoms with van der Waals surface area (Å²) in [7, 11) is 4.97. The molecule has 2 aromatic rings. The van der Waals surface area contributed by atoms with E-state index in [9.17, 15) is 0 Å². The van der Waals surface area contributed by atoms with E-state index < -0.39 is 0 Å². The smallest absolute Gasteiger partial charge is 0.166 e. The quantitative estimate of drug-likeness (QED) is 0.816. The Morgan fingerprint density at radius 1 is 1.16 bits per heavy atom. The van der Waals surface area contributed by atoms with Gasteiger partial charge in [-0.15, -0.1) is 0 Å². The topological polar surface area (TPSA) is 63.5 Å². The van der Waals surface area contributed by atoms with Crippen molar-refractivity contribution in [3.05, 3.63) is 71.4 Å². The number of allylic oxidation sites excluding steroid dienone is 1. The molecular weight excluding hydrogens is 316 g/mol. The summed E-state index contributed by atoms with van der Waals surface area (Å²) >= 11 is 0. The van der Waals surface area contributed by atoms with Crippen LogP contribution in [-0.2, 0) is 11.3 Å². The summed E-state index contributed by atoms with van der Waals surface area (Å²) in [6.45, 7) is 4.18. The van der Waals surface area contributed by atoms with Crippen molar-refractivity contribution in [2.75, 3.05) is 21.3 Å². The van der Waals surface area contributed by atoms with Crippen molar-refractivity contribution < 1.29 is 14.2 Å². The fourth-order valence-corrected chi connectivity index (χ4v) is 2.55. The Balaban J connectivity index is 0.000000181. The number of hydrogen-bond acceptors (Lipinski definition) is 5. The highest BCUT2D eigenvalue weighted by molar-refractivity contribution is 5.59. The fraction of sp³-hybridized carbons (Fsp3) is 0.250. The first kappa shape index (κ1) is 18.4. The summed E-state index contributed by atoms with van der Waals surface area (Å²) in [6, 6.07) is 15.8. The van der Waals surface area contributed by atoms with Gasteiger partial charge in [-0.3, -0.25) is 0 Å². The van der Waals surface area contributed by atoms with Crippen molar-refractivity contribution in [3.63, 3.8) is 0 Å². The van der Waals surface area contributed by atoms with Gasteiger partial charge in [0, 0.05) is 19.2 Å². The van der Waals surface area contributed by atoms with Crippen molar-refractivity contribution in [2.24, 2.45) is 0 Å². The molecule has 1 unspecified atom stereocenters. The molecule has 130 valence electrons. The van der Waals surface area contributed by atoms with Crippen LogP contribution in [0, 0.1) is 11.3 Å². The maximum Gasteiger partial charge on any atom is 0.166 e. The van der Waals surface area contributed by atoms with Gasteiger partial charge in [-0.05, 0) is 23.3 Å². The zero-order valence-electron chi connectivity index (χ0n) is 14.7. The first-order valence-electron chi connectivity index (χ1n) is 7.80. The van der Waals surface area contributed by atoms with Gasteiger partial charge >= 0.3 is 0 Å². The number of nitrogens with zero attached hydrogens (tertiary/aromatic N) is 1. The monoisotopic (exact) mass is 338 g/mol. The molecule has 0 aromatic heterocycles. The average Bonchev–Trinajstić information content (AvgIpc) is 2.66. The lowest BCUT2D eigenvalue weighted by molar-refractivity contribution is 0.121. The molecule has 0 aliphatic heterocycles. The molecule has 0 fully saturated rings. The Morgan fingerprint density at radius 2 is 1.88 bits per heavy atom. The number of ether oxygens (including phenoxy) is 3. The van der Waals surface area contributed by atoms with Gasteiger partial charge in [0.05, 0.1) is 14.2 Å². The van der Waals surface area contributed by atoms with Crippen molar-refractivity contribution in [3.8, 4) is 17.6 Å². The van der Waals surface area contributed by atoms with Crippen LogP contribution >= 0.6 is 0 Å². The van der Waals surface area contributed by atoms with E-state index in [1.54, 1.807) is 21.3 Å². The van der Waals surface area contributed by atoms with Crippen molar-refractivity contribution in [2.45, 2.75) is 12.6 Å². The van der Waals surface area contributed by atoms with Crippen LogP contribution in [0.2, 0.25) is 0 Å². The van der Waals surface area contributed by atoms with Gasteiger partial charge < -0.3 is 19.5 Å². The molecule has 25 heavy (non-hydrogen) atoms. The lowest BCUT2D eigenvalue weighted by Crippen LogP contribution is -2.15. The Morgan fingerprint density at radius 3 is 2.44 bits per heavy atom. The van der Waals surface area contributed by atoms with Crippen LogP contribution in [0.25, 0.3) is 0 Å². The van der Waals surface area contributed by atoms with Gasteiger partial charge in [0.1, 0.15) is 17.9 Å². The van der Waals surface area contributed by atoms with Crippen molar-refractivity contribution >= 4 is 0 Å². The van der Waals surface area contributed by atoms with E-state index in [1.807, 2.05) is 42.5 Å². The highest BCUT2D eigenvalue weighted by Crippen LogP contribution is 2.48. The number of methoxy groups -OCH3 is 3. The predicted molar refractivity (Wildman–Crippen MR) is 96.4 cm³/mol. The van der Waals surface area contributed by atoms with Crippen LogP contribution in [0.1, 0.15) is 22.8 Å². The Labute approximate surface area is 148 Å². The summed E-state index contributed by atoms with van der Waals surface area (Å²) in [5.41, 5.74) is 3.77. The number of nitriles is 1. The largest absolute Gasteiger partial charge is 0.493 e. The maximum atomic E-state index is 8.40. The van der Waals surface area contributed by atoms with Crippen LogP contribution in [0.4, 0.5) is 0 Å². The molecule has 2 aromatic carbocycles. The highest BCUT2D eigenvalue weighted by Gasteiger charge is 2.31. The minimum atomic E-state index is 0.0776. The van der Waals surface area contributed by atoms with Gasteiger partial charge in [0.25, 0.3) is 0 Å². The Hall–Kier alpha value is -2.97. The molecule has 2 bridgehead atoms. The lowest BCUT2D eigenvalue weighted by atomic mass is 9.88. The second kappa shape index (κ2) is 8.76.